The van der Waals surface area contributed by atoms with Crippen LogP contribution in [-0.4, -0.2) is 22.0 Å². The van der Waals surface area contributed by atoms with E-state index in [4.69, 9.17) is 0 Å². The third-order valence-electron chi connectivity index (χ3n) is 1.04. The van der Waals surface area contributed by atoms with Gasteiger partial charge in [0.05, 0.1) is 0 Å². The van der Waals surface area contributed by atoms with Gasteiger partial charge >= 0.3 is 21.1 Å². The fourth-order valence-corrected chi connectivity index (χ4v) is 0.679. The van der Waals surface area contributed by atoms with Crippen molar-refractivity contribution in [3.8, 4) is 0 Å². The van der Waals surface area contributed by atoms with Crippen molar-refractivity contribution in [2.75, 3.05) is 13.6 Å². The van der Waals surface area contributed by atoms with Gasteiger partial charge < -0.3 is 33.5 Å². The Balaban J connectivity index is -0.0000000126. The van der Waals surface area contributed by atoms with Crippen molar-refractivity contribution in [1.82, 2.24) is 5.32 Å². The fraction of sp³-hybridized carbons (Fsp3) is 0.667. The molecule has 1 atom stereocenters. The Labute approximate surface area is 148 Å². The minimum Gasteiger partial charge on any atom is -0.368 e. The molecule has 0 spiro atoms. The van der Waals surface area contributed by atoms with Gasteiger partial charge in [0.25, 0.3) is 0 Å². The molecule has 0 saturated heterocycles. The van der Waals surface area contributed by atoms with Gasteiger partial charge in [-0.25, -0.2) is 0 Å². The summed E-state index contributed by atoms with van der Waals surface area (Å²) < 4.78 is 0. The van der Waals surface area contributed by atoms with E-state index in [2.05, 4.69) is 25.6 Å². The molecule has 0 fully saturated rings. The fourth-order valence-electron chi connectivity index (χ4n) is 0.679. The molecule has 0 aromatic carbocycles. The van der Waals surface area contributed by atoms with Crippen molar-refractivity contribution >= 4 is 8.41 Å². The maximum Gasteiger partial charge on any atom is 2.00 e. The molecule has 1 N–H and O–H groups in total. The number of nitrogens with one attached hydrogen (secondary N) is 1. The summed E-state index contributed by atoms with van der Waals surface area (Å²) >= 11 is 0. The van der Waals surface area contributed by atoms with Crippen LogP contribution in [0.3, 0.4) is 0 Å². The van der Waals surface area contributed by atoms with Crippen molar-refractivity contribution in [3.63, 3.8) is 0 Å². The van der Waals surface area contributed by atoms with Gasteiger partial charge in [0.1, 0.15) is 0 Å². The summed E-state index contributed by atoms with van der Waals surface area (Å²) in [6.45, 7) is 11.0. The average molecular weight is 473 g/mol. The zero-order valence-corrected chi connectivity index (χ0v) is 17.1. The molecule has 16 heavy (non-hydrogen) atoms. The van der Waals surface area contributed by atoms with Gasteiger partial charge in [0, 0.05) is 41.1 Å². The first-order valence-corrected chi connectivity index (χ1v) is 4.12. The molecule has 0 heterocycles. The molecule has 4 heteroatoms. The molecule has 98 valence electrons. The second-order valence-electron chi connectivity index (χ2n) is 1.96. The maximum absolute atomic E-state index is 3.90. The molecule has 0 rings (SSSR count). The van der Waals surface area contributed by atoms with Gasteiger partial charge in [0.15, 0.2) is 0 Å². The number of hydrogen-bond donors (Lipinski definition) is 1. The molecule has 0 bridgehead atoms. The molecule has 0 aromatic rings. The molecule has 0 amide bonds. The molecular weight excluding hydrogens is 442 g/mol. The van der Waals surface area contributed by atoms with Crippen molar-refractivity contribution < 1.29 is 53.8 Å². The van der Waals surface area contributed by atoms with Gasteiger partial charge in [-0.05, 0) is 7.05 Å². The summed E-state index contributed by atoms with van der Waals surface area (Å²) in [7, 11) is 1.95. The molecule has 0 aliphatic rings. The minimum absolute atomic E-state index is 0. The van der Waals surface area contributed by atoms with Crippen LogP contribution in [0.5, 0.6) is 0 Å². The van der Waals surface area contributed by atoms with Crippen molar-refractivity contribution in [2.45, 2.75) is 34.6 Å². The Hall–Kier alpha value is 1.82. The number of rotatable bonds is 4. The average Bonchev–Trinajstić information content (AvgIpc) is 1.93. The van der Waals surface area contributed by atoms with Crippen LogP contribution in [0, 0.1) is 34.1 Å². The van der Waals surface area contributed by atoms with Gasteiger partial charge in [0.2, 0.25) is 0 Å². The largest absolute Gasteiger partial charge is 2.00 e. The van der Waals surface area contributed by atoms with E-state index in [9.17, 15) is 0 Å². The SMILES string of the molecule is C.CC.[B].[CH2-]C([CH-]CC)CNC.[CH3-].[CH3-].[W+2].[Y]. The van der Waals surface area contributed by atoms with Crippen LogP contribution >= 0.6 is 0 Å². The van der Waals surface area contributed by atoms with Crippen LogP contribution in [0.15, 0.2) is 0 Å². The van der Waals surface area contributed by atoms with Crippen molar-refractivity contribution in [3.05, 3.63) is 28.2 Å². The Morgan fingerprint density at radius 1 is 1.25 bits per heavy atom. The molecule has 1 nitrogen and oxygen atoms in total. The monoisotopic (exact) mass is 473 g/mol. The first-order chi connectivity index (χ1) is 4.81. The molecule has 4 radical (unpaired) electrons. The van der Waals surface area contributed by atoms with E-state index in [1.165, 1.54) is 0 Å². The zero-order chi connectivity index (χ0) is 8.41. The quantitative estimate of drug-likeness (QED) is 0.488. The Morgan fingerprint density at radius 3 is 1.75 bits per heavy atom. The topological polar surface area (TPSA) is 12.0 Å². The number of hydrogen-bond acceptors (Lipinski definition) is 1. The molecule has 0 aromatic heterocycles. The van der Waals surface area contributed by atoms with E-state index in [1.807, 2.05) is 20.9 Å². The van der Waals surface area contributed by atoms with Crippen molar-refractivity contribution in [2.24, 2.45) is 5.92 Å². The zero-order valence-electron chi connectivity index (χ0n) is 11.3. The van der Waals surface area contributed by atoms with Crippen LogP contribution in [0.2, 0.25) is 0 Å². The molecule has 0 aliphatic heterocycles. The maximum atomic E-state index is 3.90. The predicted molar refractivity (Wildman–Crippen MR) is 74.0 cm³/mol. The third-order valence-corrected chi connectivity index (χ3v) is 1.04. The Morgan fingerprint density at radius 2 is 1.56 bits per heavy atom. The Bertz CT molecular complexity index is 54.3. The van der Waals surface area contributed by atoms with Crippen LogP contribution in [-0.2, 0) is 53.8 Å². The van der Waals surface area contributed by atoms with E-state index < -0.39 is 0 Å². The van der Waals surface area contributed by atoms with E-state index >= 15 is 0 Å². The summed E-state index contributed by atoms with van der Waals surface area (Å²) in [5, 5.41) is 3.06. The van der Waals surface area contributed by atoms with Gasteiger partial charge in [-0.15, -0.1) is 0 Å². The molecule has 0 aliphatic carbocycles. The third kappa shape index (κ3) is 56.8. The van der Waals surface area contributed by atoms with Gasteiger partial charge in [-0.1, -0.05) is 34.7 Å². The van der Waals surface area contributed by atoms with Crippen LogP contribution in [0.25, 0.3) is 0 Å². The summed E-state index contributed by atoms with van der Waals surface area (Å²) in [6, 6.07) is 0. The second-order valence-corrected chi connectivity index (χ2v) is 1.96. The van der Waals surface area contributed by atoms with Crippen LogP contribution in [0.1, 0.15) is 34.6 Å². The Kier molecular flexibility index (Phi) is 177. The summed E-state index contributed by atoms with van der Waals surface area (Å²) in [5.41, 5.74) is 0. The first-order valence-electron chi connectivity index (χ1n) is 4.12. The molecule has 1 unspecified atom stereocenters. The van der Waals surface area contributed by atoms with E-state index in [-0.39, 0.29) is 84.5 Å². The summed E-state index contributed by atoms with van der Waals surface area (Å²) in [4.78, 5) is 0. The van der Waals surface area contributed by atoms with Gasteiger partial charge in [-0.3, -0.25) is 5.92 Å². The standard InChI is InChI=1S/C7H15N.C2H6.CH4.2CH3.B.W.Y/c1-4-5-7(2)6-8-3;1-2;;;;;;/h5,7-8H,2,4,6H2,1,3H3;1-2H3;1H4;2*1H3;;;/q-2;;;2*-1;;+2;. The summed E-state index contributed by atoms with van der Waals surface area (Å²) in [6.07, 6.45) is 3.33. The smallest absolute Gasteiger partial charge is 0.368 e. The van der Waals surface area contributed by atoms with E-state index in [1.54, 1.807) is 0 Å². The first kappa shape index (κ1) is 52.3. The van der Waals surface area contributed by atoms with Gasteiger partial charge in [-0.2, -0.15) is 6.42 Å². The predicted octanol–water partition coefficient (Wildman–Crippen LogP) is 3.45. The summed E-state index contributed by atoms with van der Waals surface area (Å²) in [5.74, 6) is 0.477. The van der Waals surface area contributed by atoms with Crippen molar-refractivity contribution in [1.29, 1.82) is 0 Å². The van der Waals surface area contributed by atoms with Crippen LogP contribution in [0.4, 0.5) is 0 Å². The normalized spacial score (nSPS) is 7.31. The van der Waals surface area contributed by atoms with E-state index in [0.717, 1.165) is 13.0 Å². The minimum atomic E-state index is 0. The molecular formula is C12H31BNWY-2. The van der Waals surface area contributed by atoms with Crippen LogP contribution < -0.4 is 5.32 Å². The van der Waals surface area contributed by atoms with E-state index in [0.29, 0.717) is 5.92 Å². The molecule has 0 saturated carbocycles. The second kappa shape index (κ2) is 54.1.